The Kier molecular flexibility index (Phi) is 5.99. The molecule has 0 aromatic heterocycles. The van der Waals surface area contributed by atoms with Gasteiger partial charge in [-0.15, -0.1) is 0 Å². The summed E-state index contributed by atoms with van der Waals surface area (Å²) in [5, 5.41) is 12.0. The molecule has 2 unspecified atom stereocenters. The molecule has 1 saturated heterocycles. The molecule has 1 rings (SSSR count). The molecule has 1 aliphatic heterocycles. The van der Waals surface area contributed by atoms with Gasteiger partial charge in [0, 0.05) is 6.54 Å². The van der Waals surface area contributed by atoms with Crippen LogP contribution in [0, 0.1) is 11.3 Å². The standard InChI is InChI=1S/C15H28N2O3/c1-5-11(2)12(13(18)19)16-14(20)15(3,4)10-17-8-6-7-9-17/h11-12H,5-10H2,1-4H3,(H,16,20)(H,18,19). The Hall–Kier alpha value is -1.10. The van der Waals surface area contributed by atoms with E-state index < -0.39 is 17.4 Å². The van der Waals surface area contributed by atoms with E-state index in [4.69, 9.17) is 0 Å². The van der Waals surface area contributed by atoms with Gasteiger partial charge in [0.25, 0.3) is 0 Å². The fourth-order valence-electron chi connectivity index (χ4n) is 2.59. The summed E-state index contributed by atoms with van der Waals surface area (Å²) in [6, 6.07) is -0.801. The third kappa shape index (κ3) is 4.47. The molecule has 0 aromatic rings. The largest absolute Gasteiger partial charge is 0.480 e. The average molecular weight is 284 g/mol. The highest BCUT2D eigenvalue weighted by atomic mass is 16.4. The van der Waals surface area contributed by atoms with Gasteiger partial charge in [0.15, 0.2) is 0 Å². The highest BCUT2D eigenvalue weighted by molar-refractivity contribution is 5.87. The van der Waals surface area contributed by atoms with Crippen molar-refractivity contribution in [3.8, 4) is 0 Å². The maximum absolute atomic E-state index is 12.4. The predicted molar refractivity (Wildman–Crippen MR) is 78.5 cm³/mol. The minimum atomic E-state index is -0.954. The van der Waals surface area contributed by atoms with Gasteiger partial charge < -0.3 is 15.3 Å². The number of carbonyl (C=O) groups is 2. The van der Waals surface area contributed by atoms with Crippen molar-refractivity contribution in [3.63, 3.8) is 0 Å². The molecule has 0 radical (unpaired) electrons. The quantitative estimate of drug-likeness (QED) is 0.747. The molecule has 0 spiro atoms. The number of carbonyl (C=O) groups excluding carboxylic acids is 1. The lowest BCUT2D eigenvalue weighted by Crippen LogP contribution is -2.52. The molecule has 20 heavy (non-hydrogen) atoms. The topological polar surface area (TPSA) is 69.6 Å². The SMILES string of the molecule is CCC(C)C(NC(=O)C(C)(C)CN1CCCC1)C(=O)O. The Labute approximate surface area is 121 Å². The van der Waals surface area contributed by atoms with E-state index in [0.717, 1.165) is 19.5 Å². The Bertz CT molecular complexity index is 349. The van der Waals surface area contributed by atoms with Crippen LogP contribution >= 0.6 is 0 Å². The number of carboxylic acid groups (broad SMARTS) is 1. The van der Waals surface area contributed by atoms with Crippen molar-refractivity contribution in [2.24, 2.45) is 11.3 Å². The number of hydrogen-bond donors (Lipinski definition) is 2. The number of aliphatic carboxylic acids is 1. The summed E-state index contributed by atoms with van der Waals surface area (Å²) in [5.74, 6) is -1.19. The van der Waals surface area contributed by atoms with E-state index in [1.54, 1.807) is 0 Å². The summed E-state index contributed by atoms with van der Waals surface area (Å²) in [5.41, 5.74) is -0.564. The Morgan fingerprint density at radius 3 is 2.30 bits per heavy atom. The lowest BCUT2D eigenvalue weighted by Gasteiger charge is -2.31. The van der Waals surface area contributed by atoms with E-state index in [9.17, 15) is 14.7 Å². The van der Waals surface area contributed by atoms with Crippen LogP contribution in [0.4, 0.5) is 0 Å². The fourth-order valence-corrected chi connectivity index (χ4v) is 2.59. The zero-order valence-corrected chi connectivity index (χ0v) is 13.1. The predicted octanol–water partition coefficient (Wildman–Crippen LogP) is 1.72. The molecule has 0 aromatic carbocycles. The van der Waals surface area contributed by atoms with Crippen LogP contribution in [0.15, 0.2) is 0 Å². The van der Waals surface area contributed by atoms with Crippen LogP contribution in [0.25, 0.3) is 0 Å². The molecule has 2 atom stereocenters. The second-order valence-electron chi connectivity index (χ2n) is 6.54. The molecule has 2 N–H and O–H groups in total. The maximum atomic E-state index is 12.4. The van der Waals surface area contributed by atoms with Crippen LogP contribution in [0.5, 0.6) is 0 Å². The minimum Gasteiger partial charge on any atom is -0.480 e. The van der Waals surface area contributed by atoms with Gasteiger partial charge in [-0.3, -0.25) is 4.79 Å². The Morgan fingerprint density at radius 2 is 1.85 bits per heavy atom. The molecule has 5 nitrogen and oxygen atoms in total. The first-order valence-electron chi connectivity index (χ1n) is 7.54. The van der Waals surface area contributed by atoms with E-state index in [2.05, 4.69) is 10.2 Å². The van der Waals surface area contributed by atoms with E-state index in [-0.39, 0.29) is 11.8 Å². The van der Waals surface area contributed by atoms with Gasteiger partial charge in [0.05, 0.1) is 5.41 Å². The van der Waals surface area contributed by atoms with Crippen LogP contribution in [0.1, 0.15) is 47.0 Å². The molecular weight excluding hydrogens is 256 g/mol. The minimum absolute atomic E-state index is 0.0703. The summed E-state index contributed by atoms with van der Waals surface area (Å²) >= 11 is 0. The normalized spacial score (nSPS) is 19.6. The summed E-state index contributed by atoms with van der Waals surface area (Å²) < 4.78 is 0. The number of nitrogens with one attached hydrogen (secondary N) is 1. The first-order valence-corrected chi connectivity index (χ1v) is 7.54. The Balaban J connectivity index is 2.63. The van der Waals surface area contributed by atoms with Crippen LogP contribution in [0.3, 0.4) is 0 Å². The second-order valence-corrected chi connectivity index (χ2v) is 6.54. The average Bonchev–Trinajstić information content (AvgIpc) is 2.86. The molecule has 0 saturated carbocycles. The summed E-state index contributed by atoms with van der Waals surface area (Å²) in [6.07, 6.45) is 3.09. The van der Waals surface area contributed by atoms with Crippen molar-refractivity contribution >= 4 is 11.9 Å². The van der Waals surface area contributed by atoms with E-state index in [1.807, 2.05) is 27.7 Å². The fraction of sp³-hybridized carbons (Fsp3) is 0.867. The maximum Gasteiger partial charge on any atom is 0.326 e. The van der Waals surface area contributed by atoms with Crippen molar-refractivity contribution in [3.05, 3.63) is 0 Å². The molecule has 5 heteroatoms. The molecule has 0 aliphatic carbocycles. The summed E-state index contributed by atoms with van der Waals surface area (Å²) in [6.45, 7) is 10.3. The van der Waals surface area contributed by atoms with Gasteiger partial charge in [-0.2, -0.15) is 0 Å². The molecule has 0 bridgehead atoms. The van der Waals surface area contributed by atoms with Crippen molar-refractivity contribution in [2.75, 3.05) is 19.6 Å². The molecule has 1 heterocycles. The van der Waals surface area contributed by atoms with Gasteiger partial charge in [-0.1, -0.05) is 20.3 Å². The number of likely N-dealkylation sites (tertiary alicyclic amines) is 1. The molecule has 1 aliphatic rings. The molecular formula is C15H28N2O3. The van der Waals surface area contributed by atoms with Gasteiger partial charge in [-0.05, 0) is 45.7 Å². The summed E-state index contributed by atoms with van der Waals surface area (Å²) in [4.78, 5) is 25.9. The third-order valence-corrected chi connectivity index (χ3v) is 4.20. The van der Waals surface area contributed by atoms with Gasteiger partial charge in [0.2, 0.25) is 5.91 Å². The number of rotatable bonds is 7. The number of carboxylic acids is 1. The number of nitrogens with zero attached hydrogens (tertiary/aromatic N) is 1. The van der Waals surface area contributed by atoms with Crippen LogP contribution < -0.4 is 5.32 Å². The van der Waals surface area contributed by atoms with Crippen molar-refractivity contribution in [2.45, 2.75) is 53.0 Å². The first kappa shape index (κ1) is 17.0. The lowest BCUT2D eigenvalue weighted by molar-refractivity contribution is -0.145. The monoisotopic (exact) mass is 284 g/mol. The molecule has 1 fully saturated rings. The van der Waals surface area contributed by atoms with Gasteiger partial charge >= 0.3 is 5.97 Å². The van der Waals surface area contributed by atoms with Crippen LogP contribution in [-0.4, -0.2) is 47.6 Å². The van der Waals surface area contributed by atoms with E-state index in [0.29, 0.717) is 6.54 Å². The van der Waals surface area contributed by atoms with Crippen LogP contribution in [0.2, 0.25) is 0 Å². The second kappa shape index (κ2) is 7.07. The van der Waals surface area contributed by atoms with Crippen LogP contribution in [-0.2, 0) is 9.59 Å². The zero-order chi connectivity index (χ0) is 15.3. The van der Waals surface area contributed by atoms with Crippen molar-refractivity contribution < 1.29 is 14.7 Å². The Morgan fingerprint density at radius 1 is 1.30 bits per heavy atom. The third-order valence-electron chi connectivity index (χ3n) is 4.20. The molecule has 116 valence electrons. The van der Waals surface area contributed by atoms with Crippen molar-refractivity contribution in [1.82, 2.24) is 10.2 Å². The highest BCUT2D eigenvalue weighted by Crippen LogP contribution is 2.21. The highest BCUT2D eigenvalue weighted by Gasteiger charge is 2.35. The van der Waals surface area contributed by atoms with Gasteiger partial charge in [0.1, 0.15) is 6.04 Å². The lowest BCUT2D eigenvalue weighted by atomic mass is 9.90. The van der Waals surface area contributed by atoms with Crippen molar-refractivity contribution in [1.29, 1.82) is 0 Å². The number of hydrogen-bond acceptors (Lipinski definition) is 3. The summed E-state index contributed by atoms with van der Waals surface area (Å²) in [7, 11) is 0. The zero-order valence-electron chi connectivity index (χ0n) is 13.1. The number of amides is 1. The smallest absolute Gasteiger partial charge is 0.326 e. The van der Waals surface area contributed by atoms with E-state index in [1.165, 1.54) is 12.8 Å². The first-order chi connectivity index (χ1) is 9.27. The molecule has 1 amide bonds. The van der Waals surface area contributed by atoms with E-state index >= 15 is 0 Å². The van der Waals surface area contributed by atoms with Gasteiger partial charge in [-0.25, -0.2) is 4.79 Å².